The quantitative estimate of drug-likeness (QED) is 0.720. The number of nitrogens with zero attached hydrogens (tertiary/aromatic N) is 2. The minimum Gasteiger partial charge on any atom is -0.397 e. The number of amides is 1. The van der Waals surface area contributed by atoms with Crippen LogP contribution in [0.5, 0.6) is 0 Å². The zero-order chi connectivity index (χ0) is 10.8. The molecule has 6 heteroatoms. The molecule has 0 atom stereocenters. The van der Waals surface area contributed by atoms with Crippen molar-refractivity contribution in [3.8, 4) is 0 Å². The van der Waals surface area contributed by atoms with Crippen molar-refractivity contribution in [3.63, 3.8) is 0 Å². The number of piperazine rings is 1. The molecule has 0 bridgehead atoms. The standard InChI is InChI=1S/C9H11ClN4O/c10-7-3-6(11)4-13-9(7)14-2-1-12-8(15)5-14/h3-4H,1-2,5,11H2,(H,12,15). The summed E-state index contributed by atoms with van der Waals surface area (Å²) < 4.78 is 0. The average molecular weight is 227 g/mol. The Morgan fingerprint density at radius 1 is 1.60 bits per heavy atom. The van der Waals surface area contributed by atoms with Crippen LogP contribution in [0.15, 0.2) is 12.3 Å². The summed E-state index contributed by atoms with van der Waals surface area (Å²) in [6.07, 6.45) is 1.54. The zero-order valence-electron chi connectivity index (χ0n) is 8.03. The van der Waals surface area contributed by atoms with Gasteiger partial charge in [-0.3, -0.25) is 4.79 Å². The van der Waals surface area contributed by atoms with Crippen molar-refractivity contribution in [2.75, 3.05) is 30.3 Å². The van der Waals surface area contributed by atoms with Crippen LogP contribution >= 0.6 is 11.6 Å². The van der Waals surface area contributed by atoms with Crippen molar-refractivity contribution in [2.45, 2.75) is 0 Å². The van der Waals surface area contributed by atoms with Gasteiger partial charge in [-0.15, -0.1) is 0 Å². The van der Waals surface area contributed by atoms with Gasteiger partial charge < -0.3 is 16.0 Å². The van der Waals surface area contributed by atoms with Gasteiger partial charge in [0.15, 0.2) is 0 Å². The van der Waals surface area contributed by atoms with Gasteiger partial charge in [-0.2, -0.15) is 0 Å². The van der Waals surface area contributed by atoms with Crippen molar-refractivity contribution in [1.82, 2.24) is 10.3 Å². The van der Waals surface area contributed by atoms with Crippen molar-refractivity contribution in [3.05, 3.63) is 17.3 Å². The van der Waals surface area contributed by atoms with Gasteiger partial charge in [0, 0.05) is 13.1 Å². The molecule has 1 amide bonds. The summed E-state index contributed by atoms with van der Waals surface area (Å²) in [4.78, 5) is 17.1. The molecule has 1 aromatic heterocycles. The summed E-state index contributed by atoms with van der Waals surface area (Å²) in [5, 5.41) is 3.21. The molecule has 0 aliphatic carbocycles. The summed E-state index contributed by atoms with van der Waals surface area (Å²) in [6, 6.07) is 1.64. The Morgan fingerprint density at radius 2 is 2.40 bits per heavy atom. The lowest BCUT2D eigenvalue weighted by Crippen LogP contribution is -2.48. The van der Waals surface area contributed by atoms with Crippen molar-refractivity contribution >= 4 is 29.0 Å². The van der Waals surface area contributed by atoms with E-state index in [1.54, 1.807) is 6.07 Å². The number of nitrogens with two attached hydrogens (primary N) is 1. The van der Waals surface area contributed by atoms with Crippen molar-refractivity contribution in [2.24, 2.45) is 0 Å². The fourth-order valence-electron chi connectivity index (χ4n) is 1.50. The van der Waals surface area contributed by atoms with Gasteiger partial charge >= 0.3 is 0 Å². The molecule has 1 aliphatic heterocycles. The minimum atomic E-state index is -0.0176. The molecule has 2 heterocycles. The van der Waals surface area contributed by atoms with Crippen LogP contribution in [0.25, 0.3) is 0 Å². The van der Waals surface area contributed by atoms with Crippen LogP contribution in [0.1, 0.15) is 0 Å². The minimum absolute atomic E-state index is 0.0176. The highest BCUT2D eigenvalue weighted by Gasteiger charge is 2.19. The van der Waals surface area contributed by atoms with Gasteiger partial charge in [-0.05, 0) is 6.07 Å². The van der Waals surface area contributed by atoms with E-state index < -0.39 is 0 Å². The highest BCUT2D eigenvalue weighted by atomic mass is 35.5. The van der Waals surface area contributed by atoms with Gasteiger partial charge in [0.25, 0.3) is 0 Å². The Hall–Kier alpha value is -1.49. The number of pyridine rings is 1. The normalized spacial score (nSPS) is 16.3. The predicted octanol–water partition coefficient (Wildman–Crippen LogP) is 0.253. The van der Waals surface area contributed by atoms with E-state index in [0.29, 0.717) is 29.6 Å². The third-order valence-corrected chi connectivity index (χ3v) is 2.46. The summed E-state index contributed by atoms with van der Waals surface area (Å²) >= 11 is 5.99. The predicted molar refractivity (Wildman–Crippen MR) is 58.9 cm³/mol. The molecular formula is C9H11ClN4O. The van der Waals surface area contributed by atoms with Crippen LogP contribution in [0, 0.1) is 0 Å². The molecule has 1 fully saturated rings. The largest absolute Gasteiger partial charge is 0.397 e. The molecule has 1 aromatic rings. The van der Waals surface area contributed by atoms with E-state index in [1.165, 1.54) is 6.20 Å². The molecule has 5 nitrogen and oxygen atoms in total. The summed E-state index contributed by atoms with van der Waals surface area (Å²) in [6.45, 7) is 1.61. The van der Waals surface area contributed by atoms with Crippen molar-refractivity contribution in [1.29, 1.82) is 0 Å². The second-order valence-corrected chi connectivity index (χ2v) is 3.75. The monoisotopic (exact) mass is 226 g/mol. The van der Waals surface area contributed by atoms with Crippen LogP contribution in [0.3, 0.4) is 0 Å². The lowest BCUT2D eigenvalue weighted by molar-refractivity contribution is -0.120. The van der Waals surface area contributed by atoms with Gasteiger partial charge in [0.05, 0.1) is 23.5 Å². The van der Waals surface area contributed by atoms with E-state index in [9.17, 15) is 4.79 Å². The number of hydrogen-bond acceptors (Lipinski definition) is 4. The molecule has 2 rings (SSSR count). The molecule has 3 N–H and O–H groups in total. The molecular weight excluding hydrogens is 216 g/mol. The van der Waals surface area contributed by atoms with Crippen LogP contribution < -0.4 is 16.0 Å². The molecule has 0 radical (unpaired) electrons. The first-order chi connectivity index (χ1) is 7.16. The Bertz CT molecular complexity index is 396. The van der Waals surface area contributed by atoms with Gasteiger partial charge in [0.1, 0.15) is 5.82 Å². The topological polar surface area (TPSA) is 71.2 Å². The fraction of sp³-hybridized carbons (Fsp3) is 0.333. The Balaban J connectivity index is 2.24. The first-order valence-electron chi connectivity index (χ1n) is 4.59. The Morgan fingerprint density at radius 3 is 3.07 bits per heavy atom. The second-order valence-electron chi connectivity index (χ2n) is 3.35. The average Bonchev–Trinajstić information content (AvgIpc) is 2.17. The molecule has 0 spiro atoms. The van der Waals surface area contributed by atoms with Crippen molar-refractivity contribution < 1.29 is 4.79 Å². The summed E-state index contributed by atoms with van der Waals surface area (Å²) in [5.41, 5.74) is 6.06. The third-order valence-electron chi connectivity index (χ3n) is 2.18. The van der Waals surface area contributed by atoms with Crippen LogP contribution in [0.4, 0.5) is 11.5 Å². The number of aromatic nitrogens is 1. The Labute approximate surface area is 92.2 Å². The molecule has 15 heavy (non-hydrogen) atoms. The maximum atomic E-state index is 11.2. The molecule has 0 aromatic carbocycles. The maximum Gasteiger partial charge on any atom is 0.239 e. The number of halogens is 1. The maximum absolute atomic E-state index is 11.2. The van der Waals surface area contributed by atoms with E-state index in [0.717, 1.165) is 0 Å². The van der Waals surface area contributed by atoms with Gasteiger partial charge in [-0.25, -0.2) is 4.98 Å². The summed E-state index contributed by atoms with van der Waals surface area (Å²) in [7, 11) is 0. The van der Waals surface area contributed by atoms with Crippen LogP contribution in [-0.4, -0.2) is 30.5 Å². The number of carbonyl (C=O) groups is 1. The van der Waals surface area contributed by atoms with E-state index >= 15 is 0 Å². The van der Waals surface area contributed by atoms with E-state index in [-0.39, 0.29) is 12.5 Å². The highest BCUT2D eigenvalue weighted by molar-refractivity contribution is 6.33. The second kappa shape index (κ2) is 3.94. The lowest BCUT2D eigenvalue weighted by Gasteiger charge is -2.28. The molecule has 80 valence electrons. The SMILES string of the molecule is Nc1cnc(N2CCNC(=O)C2)c(Cl)c1. The first-order valence-corrected chi connectivity index (χ1v) is 4.97. The molecule has 1 saturated heterocycles. The number of nitrogen functional groups attached to an aromatic ring is 1. The fourth-order valence-corrected chi connectivity index (χ4v) is 1.79. The zero-order valence-corrected chi connectivity index (χ0v) is 8.79. The van der Waals surface area contributed by atoms with Gasteiger partial charge in [0.2, 0.25) is 5.91 Å². The van der Waals surface area contributed by atoms with E-state index in [1.807, 2.05) is 4.90 Å². The molecule has 1 aliphatic rings. The van der Waals surface area contributed by atoms with Gasteiger partial charge in [-0.1, -0.05) is 11.6 Å². The number of anilines is 2. The highest BCUT2D eigenvalue weighted by Crippen LogP contribution is 2.24. The number of nitrogens with one attached hydrogen (secondary N) is 1. The smallest absolute Gasteiger partial charge is 0.239 e. The van der Waals surface area contributed by atoms with Crippen LogP contribution in [0.2, 0.25) is 5.02 Å². The lowest BCUT2D eigenvalue weighted by atomic mass is 10.3. The first kappa shape index (κ1) is 10.0. The molecule has 0 unspecified atom stereocenters. The van der Waals surface area contributed by atoms with Crippen LogP contribution in [-0.2, 0) is 4.79 Å². The summed E-state index contributed by atoms with van der Waals surface area (Å²) in [5.74, 6) is 0.594. The van der Waals surface area contributed by atoms with E-state index in [4.69, 9.17) is 17.3 Å². The Kier molecular flexibility index (Phi) is 2.64. The molecule has 0 saturated carbocycles. The van der Waals surface area contributed by atoms with E-state index in [2.05, 4.69) is 10.3 Å². The number of hydrogen-bond donors (Lipinski definition) is 2. The third kappa shape index (κ3) is 2.12. The number of carbonyl (C=O) groups excluding carboxylic acids is 1. The number of rotatable bonds is 1.